The van der Waals surface area contributed by atoms with Gasteiger partial charge in [0.1, 0.15) is 11.2 Å². The number of para-hydroxylation sites is 1. The third-order valence-corrected chi connectivity index (χ3v) is 5.77. The Morgan fingerprint density at radius 3 is 2.81 bits per heavy atom. The monoisotopic (exact) mass is 434 g/mol. The van der Waals surface area contributed by atoms with Crippen LogP contribution in [-0.2, 0) is 4.79 Å². The number of aryl methyl sites for hydroxylation is 2. The Kier molecular flexibility index (Phi) is 5.77. The molecule has 0 aliphatic rings. The van der Waals surface area contributed by atoms with Gasteiger partial charge >= 0.3 is 0 Å². The van der Waals surface area contributed by atoms with E-state index in [1.165, 1.54) is 11.8 Å². The second kappa shape index (κ2) is 8.65. The Bertz CT molecular complexity index is 1330. The van der Waals surface area contributed by atoms with Gasteiger partial charge in [0.25, 0.3) is 0 Å². The third kappa shape index (κ3) is 4.17. The lowest BCUT2D eigenvalue weighted by atomic mass is 10.2. The zero-order chi connectivity index (χ0) is 22.0. The quantitative estimate of drug-likeness (QED) is 0.317. The molecule has 2 aromatic carbocycles. The third-order valence-electron chi connectivity index (χ3n) is 4.83. The number of carbonyl (C=O) groups excluding carboxylic acids is 1. The van der Waals surface area contributed by atoms with Gasteiger partial charge in [0.15, 0.2) is 10.8 Å². The van der Waals surface area contributed by atoms with Gasteiger partial charge in [-0.3, -0.25) is 19.9 Å². The maximum atomic E-state index is 12.6. The van der Waals surface area contributed by atoms with Gasteiger partial charge in [-0.1, -0.05) is 36.0 Å². The number of amides is 1. The molecule has 0 aliphatic carbocycles. The molecule has 9 heteroatoms. The van der Waals surface area contributed by atoms with E-state index in [0.29, 0.717) is 33.3 Å². The fraction of sp³-hybridized carbons (Fsp3) is 0.182. The van der Waals surface area contributed by atoms with E-state index < -0.39 is 0 Å². The largest absolute Gasteiger partial charge is 0.497 e. The number of aromatic amines is 1. The van der Waals surface area contributed by atoms with Crippen LogP contribution >= 0.6 is 11.8 Å². The van der Waals surface area contributed by atoms with Crippen molar-refractivity contribution in [1.29, 1.82) is 5.41 Å². The van der Waals surface area contributed by atoms with Gasteiger partial charge in [-0.15, -0.1) is 0 Å². The predicted octanol–water partition coefficient (Wildman–Crippen LogP) is 3.58. The van der Waals surface area contributed by atoms with E-state index in [1.54, 1.807) is 23.8 Å². The lowest BCUT2D eigenvalue weighted by molar-refractivity contribution is -0.113. The van der Waals surface area contributed by atoms with Gasteiger partial charge in [0.05, 0.1) is 29.6 Å². The summed E-state index contributed by atoms with van der Waals surface area (Å²) in [6, 6.07) is 15.0. The molecule has 2 heterocycles. The van der Waals surface area contributed by atoms with Crippen LogP contribution in [0.2, 0.25) is 0 Å². The van der Waals surface area contributed by atoms with Crippen molar-refractivity contribution in [3.63, 3.8) is 0 Å². The number of ether oxygens (including phenoxy) is 1. The summed E-state index contributed by atoms with van der Waals surface area (Å²) in [6.45, 7) is 3.83. The molecule has 1 amide bonds. The van der Waals surface area contributed by atoms with E-state index >= 15 is 0 Å². The SMILES string of the molecule is COc1cccc(NC(=O)CSc2nc3[nH]nc(C)c3c(=N)n2-c2ccccc2C)c1. The summed E-state index contributed by atoms with van der Waals surface area (Å²) in [5, 5.41) is 20.0. The number of methoxy groups -OCH3 is 1. The van der Waals surface area contributed by atoms with Crippen LogP contribution in [0, 0.1) is 19.3 Å². The van der Waals surface area contributed by atoms with E-state index in [2.05, 4.69) is 20.5 Å². The van der Waals surface area contributed by atoms with Crippen molar-refractivity contribution in [3.8, 4) is 11.4 Å². The van der Waals surface area contributed by atoms with Crippen LogP contribution in [0.15, 0.2) is 53.7 Å². The number of hydrogen-bond acceptors (Lipinski definition) is 6. The average Bonchev–Trinajstić information content (AvgIpc) is 3.14. The number of carbonyl (C=O) groups is 1. The number of aromatic nitrogens is 4. The number of thioether (sulfide) groups is 1. The van der Waals surface area contributed by atoms with Crippen LogP contribution in [0.25, 0.3) is 16.7 Å². The molecule has 8 nitrogen and oxygen atoms in total. The van der Waals surface area contributed by atoms with Gasteiger partial charge < -0.3 is 10.1 Å². The van der Waals surface area contributed by atoms with E-state index in [1.807, 2.05) is 50.2 Å². The molecule has 0 saturated heterocycles. The zero-order valence-electron chi connectivity index (χ0n) is 17.4. The first-order valence-electron chi connectivity index (χ1n) is 9.63. The molecule has 3 N–H and O–H groups in total. The second-order valence-electron chi connectivity index (χ2n) is 6.97. The molecule has 4 aromatic rings. The van der Waals surface area contributed by atoms with Crippen LogP contribution in [0.5, 0.6) is 5.75 Å². The van der Waals surface area contributed by atoms with E-state index in [9.17, 15) is 4.79 Å². The summed E-state index contributed by atoms with van der Waals surface area (Å²) >= 11 is 1.27. The molecule has 158 valence electrons. The number of anilines is 1. The van der Waals surface area contributed by atoms with Crippen LogP contribution in [0.3, 0.4) is 0 Å². The van der Waals surface area contributed by atoms with Gasteiger partial charge in [0.2, 0.25) is 5.91 Å². The van der Waals surface area contributed by atoms with Crippen molar-refractivity contribution in [2.45, 2.75) is 19.0 Å². The molecule has 0 radical (unpaired) electrons. The Morgan fingerprint density at radius 2 is 2.03 bits per heavy atom. The van der Waals surface area contributed by atoms with Crippen molar-refractivity contribution in [3.05, 3.63) is 65.3 Å². The molecule has 0 atom stereocenters. The van der Waals surface area contributed by atoms with Crippen molar-refractivity contribution < 1.29 is 9.53 Å². The molecule has 0 bridgehead atoms. The van der Waals surface area contributed by atoms with E-state index in [0.717, 1.165) is 11.3 Å². The summed E-state index contributed by atoms with van der Waals surface area (Å²) in [5.74, 6) is 0.626. The lowest BCUT2D eigenvalue weighted by Crippen LogP contribution is -2.23. The van der Waals surface area contributed by atoms with Crippen LogP contribution in [-0.4, -0.2) is 38.5 Å². The lowest BCUT2D eigenvalue weighted by Gasteiger charge is -2.15. The topological polar surface area (TPSA) is 109 Å². The minimum absolute atomic E-state index is 0.133. The number of fused-ring (bicyclic) bond motifs is 1. The Morgan fingerprint density at radius 1 is 1.23 bits per heavy atom. The Labute approximate surface area is 183 Å². The molecule has 4 rings (SSSR count). The van der Waals surface area contributed by atoms with Gasteiger partial charge in [-0.25, -0.2) is 4.98 Å². The summed E-state index contributed by atoms with van der Waals surface area (Å²) < 4.78 is 6.97. The first-order chi connectivity index (χ1) is 15.0. The number of nitrogens with zero attached hydrogens (tertiary/aromatic N) is 3. The highest BCUT2D eigenvalue weighted by Crippen LogP contribution is 2.24. The number of H-pyrrole nitrogens is 1. The van der Waals surface area contributed by atoms with E-state index in [4.69, 9.17) is 10.1 Å². The molecule has 0 spiro atoms. The van der Waals surface area contributed by atoms with Gasteiger partial charge in [-0.05, 0) is 37.6 Å². The summed E-state index contributed by atoms with van der Waals surface area (Å²) in [4.78, 5) is 17.2. The minimum atomic E-state index is -0.177. The van der Waals surface area contributed by atoms with Crippen molar-refractivity contribution in [2.75, 3.05) is 18.2 Å². The van der Waals surface area contributed by atoms with Gasteiger partial charge in [0, 0.05) is 11.8 Å². The fourth-order valence-electron chi connectivity index (χ4n) is 3.30. The molecular weight excluding hydrogens is 412 g/mol. The number of rotatable bonds is 6. The predicted molar refractivity (Wildman–Crippen MR) is 121 cm³/mol. The number of nitrogens with one attached hydrogen (secondary N) is 3. The first-order valence-corrected chi connectivity index (χ1v) is 10.6. The maximum absolute atomic E-state index is 12.6. The average molecular weight is 435 g/mol. The highest BCUT2D eigenvalue weighted by atomic mass is 32.2. The molecule has 0 fully saturated rings. The highest BCUT2D eigenvalue weighted by Gasteiger charge is 2.17. The second-order valence-corrected chi connectivity index (χ2v) is 7.91. The normalized spacial score (nSPS) is 10.9. The first kappa shape index (κ1) is 20.7. The molecule has 31 heavy (non-hydrogen) atoms. The summed E-state index contributed by atoms with van der Waals surface area (Å²) in [6.07, 6.45) is 0. The highest BCUT2D eigenvalue weighted by molar-refractivity contribution is 7.99. The number of benzene rings is 2. The van der Waals surface area contributed by atoms with Crippen LogP contribution < -0.4 is 15.5 Å². The van der Waals surface area contributed by atoms with Crippen LogP contribution in [0.1, 0.15) is 11.3 Å². The standard InChI is InChI=1S/C22H22N6O2S/c1-13-7-4-5-10-17(13)28-20(23)19-14(2)26-27-21(19)25-22(28)31-12-18(29)24-15-8-6-9-16(11-15)30-3/h4-11,23H,12H2,1-3H3,(H,24,29)(H,26,27). The minimum Gasteiger partial charge on any atom is -0.497 e. The molecule has 0 unspecified atom stereocenters. The smallest absolute Gasteiger partial charge is 0.234 e. The van der Waals surface area contributed by atoms with Crippen molar-refractivity contribution in [2.24, 2.45) is 0 Å². The zero-order valence-corrected chi connectivity index (χ0v) is 18.2. The van der Waals surface area contributed by atoms with E-state index in [-0.39, 0.29) is 17.1 Å². The summed E-state index contributed by atoms with van der Waals surface area (Å²) in [5.41, 5.74) is 4.03. The molecule has 2 aromatic heterocycles. The summed E-state index contributed by atoms with van der Waals surface area (Å²) in [7, 11) is 1.58. The van der Waals surface area contributed by atoms with Crippen molar-refractivity contribution >= 4 is 34.4 Å². The maximum Gasteiger partial charge on any atom is 0.234 e. The van der Waals surface area contributed by atoms with Crippen LogP contribution in [0.4, 0.5) is 5.69 Å². The Balaban J connectivity index is 1.67. The fourth-order valence-corrected chi connectivity index (χ4v) is 4.11. The van der Waals surface area contributed by atoms with Crippen molar-refractivity contribution in [1.82, 2.24) is 19.7 Å². The van der Waals surface area contributed by atoms with Gasteiger partial charge in [-0.2, -0.15) is 5.10 Å². The Hall–Kier alpha value is -3.59. The molecule has 0 aliphatic heterocycles. The number of hydrogen-bond donors (Lipinski definition) is 3. The molecular formula is C22H22N6O2S. The molecule has 0 saturated carbocycles.